The van der Waals surface area contributed by atoms with Crippen molar-refractivity contribution in [3.63, 3.8) is 0 Å². The lowest BCUT2D eigenvalue weighted by molar-refractivity contribution is 1.22. The van der Waals surface area contributed by atoms with Crippen LogP contribution < -0.4 is 4.90 Å². The third-order valence-electron chi connectivity index (χ3n) is 9.25. The van der Waals surface area contributed by atoms with Gasteiger partial charge in [-0.05, 0) is 82.4 Å². The summed E-state index contributed by atoms with van der Waals surface area (Å²) >= 11 is 1.83. The van der Waals surface area contributed by atoms with Crippen molar-refractivity contribution in [2.24, 2.45) is 0 Å². The Hall–Kier alpha value is -6.16. The summed E-state index contributed by atoms with van der Waals surface area (Å²) in [5, 5.41) is 3.66. The van der Waals surface area contributed by atoms with E-state index in [9.17, 15) is 0 Å². The summed E-state index contributed by atoms with van der Waals surface area (Å²) in [4.78, 5) is 3.67. The zero-order chi connectivity index (χ0) is 32.6. The summed E-state index contributed by atoms with van der Waals surface area (Å²) in [6.45, 7) is 0. The molecule has 0 amide bonds. The maximum Gasteiger partial charge on any atom is 0.101 e. The number of aromatic nitrogens is 1. The van der Waals surface area contributed by atoms with Crippen LogP contribution in [0.5, 0.6) is 0 Å². The quantitative estimate of drug-likeness (QED) is 0.168. The van der Waals surface area contributed by atoms with Crippen molar-refractivity contribution in [2.75, 3.05) is 4.90 Å². The van der Waals surface area contributed by atoms with Gasteiger partial charge in [0.2, 0.25) is 0 Å². The van der Waals surface area contributed by atoms with Crippen LogP contribution in [0.1, 0.15) is 0 Å². The highest BCUT2D eigenvalue weighted by Crippen LogP contribution is 2.45. The molecule has 0 aliphatic heterocycles. The second-order valence-electron chi connectivity index (χ2n) is 12.2. The van der Waals surface area contributed by atoms with E-state index >= 15 is 0 Å². The smallest absolute Gasteiger partial charge is 0.101 e. The van der Waals surface area contributed by atoms with Crippen molar-refractivity contribution in [3.05, 3.63) is 194 Å². The molecular weight excluding hydrogens is 613 g/mol. The predicted octanol–water partition coefficient (Wildman–Crippen LogP) is 13.3. The minimum Gasteiger partial charge on any atom is -0.310 e. The highest BCUT2D eigenvalue weighted by Gasteiger charge is 2.21. The van der Waals surface area contributed by atoms with E-state index in [4.69, 9.17) is 0 Å². The molecule has 49 heavy (non-hydrogen) atoms. The molecule has 7 aromatic carbocycles. The molecule has 2 heterocycles. The molecular formula is C46H32N2S. The van der Waals surface area contributed by atoms with Crippen LogP contribution in [-0.4, -0.2) is 4.57 Å². The summed E-state index contributed by atoms with van der Waals surface area (Å²) in [5.41, 5.74) is 11.8. The second kappa shape index (κ2) is 12.5. The molecule has 0 unspecified atom stereocenters. The van der Waals surface area contributed by atoms with Crippen LogP contribution >= 0.6 is 11.3 Å². The highest BCUT2D eigenvalue weighted by molar-refractivity contribution is 7.18. The Kier molecular flexibility index (Phi) is 7.38. The van der Waals surface area contributed by atoms with Gasteiger partial charge in [0.15, 0.2) is 0 Å². The van der Waals surface area contributed by atoms with Crippen LogP contribution in [0, 0.1) is 0 Å². The normalized spacial score (nSPS) is 11.3. The van der Waals surface area contributed by atoms with E-state index in [0.717, 1.165) is 17.1 Å². The van der Waals surface area contributed by atoms with Gasteiger partial charge in [0, 0.05) is 27.0 Å². The molecule has 0 N–H and O–H groups in total. The number of anilines is 3. The van der Waals surface area contributed by atoms with Crippen molar-refractivity contribution in [1.82, 2.24) is 4.57 Å². The molecule has 3 heteroatoms. The van der Waals surface area contributed by atoms with Gasteiger partial charge in [-0.25, -0.2) is 0 Å². The van der Waals surface area contributed by atoms with E-state index in [2.05, 4.69) is 204 Å². The first kappa shape index (κ1) is 29.0. The molecule has 0 atom stereocenters. The zero-order valence-corrected chi connectivity index (χ0v) is 27.6. The zero-order valence-electron chi connectivity index (χ0n) is 26.8. The standard InChI is InChI=1S/C46H32N2S/c1-4-13-33(14-5-1)35-23-27-38(28-24-35)47(39-29-25-36(26-30-39)34-15-6-2-7-16-34)42-21-12-22-43-46(42)40-19-10-11-20-41(40)48(43)45-32-31-44(49-45)37-17-8-3-9-18-37/h1-32H. The summed E-state index contributed by atoms with van der Waals surface area (Å²) < 4.78 is 2.43. The molecule has 0 fully saturated rings. The fraction of sp³-hybridized carbons (Fsp3) is 0. The van der Waals surface area contributed by atoms with E-state index in [1.807, 2.05) is 11.3 Å². The Morgan fingerprint density at radius 3 is 1.45 bits per heavy atom. The first-order chi connectivity index (χ1) is 24.3. The van der Waals surface area contributed by atoms with E-state index in [1.54, 1.807) is 0 Å². The summed E-state index contributed by atoms with van der Waals surface area (Å²) in [6.07, 6.45) is 0. The number of rotatable bonds is 7. The van der Waals surface area contributed by atoms with Crippen LogP contribution in [0.3, 0.4) is 0 Å². The molecule has 0 saturated carbocycles. The highest BCUT2D eigenvalue weighted by atomic mass is 32.1. The number of hydrogen-bond donors (Lipinski definition) is 0. The third-order valence-corrected chi connectivity index (χ3v) is 10.4. The second-order valence-corrected chi connectivity index (χ2v) is 13.3. The number of nitrogens with zero attached hydrogens (tertiary/aromatic N) is 2. The van der Waals surface area contributed by atoms with Gasteiger partial charge in [0.1, 0.15) is 5.00 Å². The molecule has 0 aliphatic carbocycles. The van der Waals surface area contributed by atoms with Crippen molar-refractivity contribution in [1.29, 1.82) is 0 Å². The van der Waals surface area contributed by atoms with Gasteiger partial charge in [0.05, 0.1) is 16.7 Å². The number of hydrogen-bond acceptors (Lipinski definition) is 2. The first-order valence-electron chi connectivity index (χ1n) is 16.6. The fourth-order valence-electron chi connectivity index (χ4n) is 6.92. The van der Waals surface area contributed by atoms with Crippen LogP contribution in [0.25, 0.3) is 59.5 Å². The SMILES string of the molecule is c1ccc(-c2ccc(N(c3ccc(-c4ccccc4)cc3)c3cccc4c3c3ccccc3n4-c3ccc(-c4ccccc4)s3)cc2)cc1. The lowest BCUT2D eigenvalue weighted by Gasteiger charge is -2.27. The predicted molar refractivity (Wildman–Crippen MR) is 210 cm³/mol. The lowest BCUT2D eigenvalue weighted by Crippen LogP contribution is -2.10. The van der Waals surface area contributed by atoms with Gasteiger partial charge >= 0.3 is 0 Å². The molecule has 2 nitrogen and oxygen atoms in total. The summed E-state index contributed by atoms with van der Waals surface area (Å²) in [6, 6.07) is 69.8. The third kappa shape index (κ3) is 5.31. The van der Waals surface area contributed by atoms with Crippen molar-refractivity contribution in [2.45, 2.75) is 0 Å². The Morgan fingerprint density at radius 2 is 0.857 bits per heavy atom. The fourth-order valence-corrected chi connectivity index (χ4v) is 7.96. The van der Waals surface area contributed by atoms with Crippen LogP contribution in [0.15, 0.2) is 194 Å². The maximum absolute atomic E-state index is 2.43. The minimum absolute atomic E-state index is 1.11. The van der Waals surface area contributed by atoms with Crippen LogP contribution in [0.4, 0.5) is 17.1 Å². The Labute approximate surface area is 290 Å². The van der Waals surface area contributed by atoms with Gasteiger partial charge in [-0.1, -0.05) is 140 Å². The first-order valence-corrected chi connectivity index (χ1v) is 17.4. The van der Waals surface area contributed by atoms with Crippen LogP contribution in [0.2, 0.25) is 0 Å². The topological polar surface area (TPSA) is 8.17 Å². The molecule has 0 aliphatic rings. The summed E-state index contributed by atoms with van der Waals surface area (Å²) in [5.74, 6) is 0. The molecule has 0 bridgehead atoms. The minimum atomic E-state index is 1.11. The van der Waals surface area contributed by atoms with Gasteiger partial charge in [-0.3, -0.25) is 0 Å². The Morgan fingerprint density at radius 1 is 0.367 bits per heavy atom. The van der Waals surface area contributed by atoms with E-state index in [0.29, 0.717) is 0 Å². The lowest BCUT2D eigenvalue weighted by atomic mass is 10.0. The van der Waals surface area contributed by atoms with Gasteiger partial charge in [-0.2, -0.15) is 0 Å². The molecule has 2 aromatic heterocycles. The Balaban J connectivity index is 1.24. The molecule has 0 spiro atoms. The van der Waals surface area contributed by atoms with Gasteiger partial charge in [0.25, 0.3) is 0 Å². The van der Waals surface area contributed by atoms with Crippen molar-refractivity contribution in [3.8, 4) is 37.7 Å². The van der Waals surface area contributed by atoms with E-state index in [1.165, 1.54) is 59.5 Å². The Bertz CT molecular complexity index is 2430. The largest absolute Gasteiger partial charge is 0.310 e. The average Bonchev–Trinajstić information content (AvgIpc) is 3.80. The number of fused-ring (bicyclic) bond motifs is 3. The molecule has 232 valence electrons. The van der Waals surface area contributed by atoms with Gasteiger partial charge in [-0.15, -0.1) is 11.3 Å². The van der Waals surface area contributed by atoms with Crippen molar-refractivity contribution >= 4 is 50.2 Å². The van der Waals surface area contributed by atoms with Crippen LogP contribution in [-0.2, 0) is 0 Å². The molecule has 0 radical (unpaired) electrons. The summed E-state index contributed by atoms with van der Waals surface area (Å²) in [7, 11) is 0. The number of benzene rings is 7. The number of para-hydroxylation sites is 1. The molecule has 9 rings (SSSR count). The maximum atomic E-state index is 2.43. The number of thiophene rings is 1. The van der Waals surface area contributed by atoms with E-state index < -0.39 is 0 Å². The molecule has 0 saturated heterocycles. The van der Waals surface area contributed by atoms with E-state index in [-0.39, 0.29) is 0 Å². The monoisotopic (exact) mass is 644 g/mol. The van der Waals surface area contributed by atoms with Crippen molar-refractivity contribution < 1.29 is 0 Å². The molecule has 9 aromatic rings. The average molecular weight is 645 g/mol. The van der Waals surface area contributed by atoms with Gasteiger partial charge < -0.3 is 9.47 Å².